The van der Waals surface area contributed by atoms with Gasteiger partial charge in [0.2, 0.25) is 0 Å². The average Bonchev–Trinajstić information content (AvgIpc) is 2.81. The minimum absolute atomic E-state index is 0.539. The van der Waals surface area contributed by atoms with E-state index < -0.39 is 0 Å². The van der Waals surface area contributed by atoms with Gasteiger partial charge in [0, 0.05) is 38.6 Å². The third-order valence-electron chi connectivity index (χ3n) is 4.83. The molecule has 0 aromatic carbocycles. The van der Waals surface area contributed by atoms with E-state index in [0.717, 1.165) is 38.4 Å². The number of rotatable bonds is 5. The first-order chi connectivity index (χ1) is 11.6. The van der Waals surface area contributed by atoms with E-state index in [4.69, 9.17) is 5.73 Å². The highest BCUT2D eigenvalue weighted by atomic mass is 15.2. The topological polar surface area (TPSA) is 76.1 Å². The van der Waals surface area contributed by atoms with Gasteiger partial charge in [0.15, 0.2) is 0 Å². The maximum Gasteiger partial charge on any atom is 0.144 e. The molecule has 1 atom stereocenters. The molecule has 0 amide bonds. The summed E-state index contributed by atoms with van der Waals surface area (Å²) in [6.45, 7) is 3.98. The molecule has 7 heteroatoms. The van der Waals surface area contributed by atoms with Gasteiger partial charge in [0.1, 0.15) is 11.6 Å². The molecule has 0 spiro atoms. The molecule has 1 aliphatic rings. The Labute approximate surface area is 143 Å². The van der Waals surface area contributed by atoms with Crippen LogP contribution in [0.2, 0.25) is 0 Å². The number of nitrogen functional groups attached to an aromatic ring is 1. The van der Waals surface area contributed by atoms with Crippen LogP contribution in [0, 0.1) is 0 Å². The largest absolute Gasteiger partial charge is 0.384 e. The molecule has 7 nitrogen and oxygen atoms in total. The second-order valence-electron chi connectivity index (χ2n) is 6.67. The first kappa shape index (κ1) is 16.9. The summed E-state index contributed by atoms with van der Waals surface area (Å²) in [5.74, 6) is 1.34. The quantitative estimate of drug-likeness (QED) is 0.890. The van der Waals surface area contributed by atoms with Crippen LogP contribution in [0.4, 0.5) is 5.82 Å². The van der Waals surface area contributed by atoms with Crippen LogP contribution >= 0.6 is 0 Å². The summed E-state index contributed by atoms with van der Waals surface area (Å²) in [4.78, 5) is 17.7. The predicted octanol–water partition coefficient (Wildman–Crippen LogP) is 1.28. The lowest BCUT2D eigenvalue weighted by molar-refractivity contribution is 0.201. The van der Waals surface area contributed by atoms with Gasteiger partial charge in [-0.2, -0.15) is 0 Å². The number of aryl methyl sites for hydroxylation is 1. The summed E-state index contributed by atoms with van der Waals surface area (Å²) in [7, 11) is 4.22. The van der Waals surface area contributed by atoms with Crippen molar-refractivity contribution in [2.75, 3.05) is 25.9 Å². The average molecular weight is 329 g/mol. The predicted molar refractivity (Wildman–Crippen MR) is 94.0 cm³/mol. The van der Waals surface area contributed by atoms with Gasteiger partial charge < -0.3 is 10.3 Å². The minimum Gasteiger partial charge on any atom is -0.384 e. The zero-order valence-electron chi connectivity index (χ0n) is 14.6. The van der Waals surface area contributed by atoms with Crippen LogP contribution in [0.15, 0.2) is 24.8 Å². The summed E-state index contributed by atoms with van der Waals surface area (Å²) in [6, 6.07) is 2.29. The third-order valence-corrected chi connectivity index (χ3v) is 4.83. The lowest BCUT2D eigenvalue weighted by atomic mass is 10.1. The van der Waals surface area contributed by atoms with Crippen LogP contribution in [0.5, 0.6) is 0 Å². The molecule has 3 rings (SSSR count). The van der Waals surface area contributed by atoms with Crippen LogP contribution < -0.4 is 5.73 Å². The van der Waals surface area contributed by atoms with Crippen molar-refractivity contribution in [2.45, 2.75) is 38.4 Å². The second-order valence-corrected chi connectivity index (χ2v) is 6.67. The normalized spacial score (nSPS) is 19.5. The van der Waals surface area contributed by atoms with E-state index in [1.54, 1.807) is 12.3 Å². The molecule has 2 aromatic heterocycles. The first-order valence-electron chi connectivity index (χ1n) is 8.57. The van der Waals surface area contributed by atoms with E-state index in [-0.39, 0.29) is 0 Å². The maximum atomic E-state index is 5.75. The van der Waals surface area contributed by atoms with Crippen molar-refractivity contribution in [3.63, 3.8) is 0 Å². The van der Waals surface area contributed by atoms with Crippen molar-refractivity contribution in [3.05, 3.63) is 36.3 Å². The van der Waals surface area contributed by atoms with E-state index in [1.807, 2.05) is 12.5 Å². The van der Waals surface area contributed by atoms with E-state index in [9.17, 15) is 0 Å². The van der Waals surface area contributed by atoms with Gasteiger partial charge in [0.05, 0.1) is 18.6 Å². The van der Waals surface area contributed by atoms with Crippen molar-refractivity contribution in [1.29, 1.82) is 0 Å². The number of hydrogen-bond donors (Lipinski definition) is 1. The molecule has 2 aromatic rings. The zero-order chi connectivity index (χ0) is 16.9. The van der Waals surface area contributed by atoms with Gasteiger partial charge in [-0.15, -0.1) is 0 Å². The Hall–Kier alpha value is -1.99. The van der Waals surface area contributed by atoms with E-state index in [2.05, 4.69) is 43.4 Å². The van der Waals surface area contributed by atoms with Crippen molar-refractivity contribution >= 4 is 5.82 Å². The highest BCUT2D eigenvalue weighted by Gasteiger charge is 2.21. The zero-order valence-corrected chi connectivity index (χ0v) is 14.6. The van der Waals surface area contributed by atoms with Crippen molar-refractivity contribution < 1.29 is 0 Å². The molecule has 0 saturated carbocycles. The summed E-state index contributed by atoms with van der Waals surface area (Å²) in [5, 5.41) is 0. The molecule has 3 heterocycles. The van der Waals surface area contributed by atoms with Gasteiger partial charge in [-0.1, -0.05) is 0 Å². The van der Waals surface area contributed by atoms with Crippen LogP contribution in [-0.2, 0) is 20.1 Å². The second kappa shape index (κ2) is 7.72. The number of anilines is 1. The van der Waals surface area contributed by atoms with Crippen LogP contribution in [0.25, 0.3) is 0 Å². The number of likely N-dealkylation sites (tertiary alicyclic amines) is 1. The third kappa shape index (κ3) is 4.30. The molecule has 1 saturated heterocycles. The minimum atomic E-state index is 0.539. The fourth-order valence-corrected chi connectivity index (χ4v) is 3.35. The monoisotopic (exact) mass is 329 g/mol. The Morgan fingerprint density at radius 1 is 1.33 bits per heavy atom. The number of hydrogen-bond acceptors (Lipinski definition) is 6. The van der Waals surface area contributed by atoms with Crippen molar-refractivity contribution in [1.82, 2.24) is 29.3 Å². The van der Waals surface area contributed by atoms with E-state index in [1.165, 1.54) is 18.5 Å². The van der Waals surface area contributed by atoms with Gasteiger partial charge in [-0.25, -0.2) is 15.0 Å². The molecule has 130 valence electrons. The van der Waals surface area contributed by atoms with Gasteiger partial charge in [-0.3, -0.25) is 9.80 Å². The fourth-order valence-electron chi connectivity index (χ4n) is 3.35. The smallest absolute Gasteiger partial charge is 0.144 e. The van der Waals surface area contributed by atoms with Crippen LogP contribution in [0.3, 0.4) is 0 Å². The molecule has 2 N–H and O–H groups in total. The van der Waals surface area contributed by atoms with Crippen LogP contribution in [0.1, 0.15) is 30.8 Å². The molecule has 1 fully saturated rings. The summed E-state index contributed by atoms with van der Waals surface area (Å²) in [5.41, 5.74) is 7.02. The summed E-state index contributed by atoms with van der Waals surface area (Å²) < 4.78 is 2.10. The van der Waals surface area contributed by atoms with Crippen LogP contribution in [-0.4, -0.2) is 55.5 Å². The molecule has 0 bridgehead atoms. The number of nitrogens with zero attached hydrogens (tertiary/aromatic N) is 6. The lowest BCUT2D eigenvalue weighted by Gasteiger charge is -2.26. The maximum absolute atomic E-state index is 5.75. The molecular formula is C17H27N7. The molecule has 1 aliphatic heterocycles. The molecule has 24 heavy (non-hydrogen) atoms. The van der Waals surface area contributed by atoms with Crippen molar-refractivity contribution in [2.24, 2.45) is 7.05 Å². The summed E-state index contributed by atoms with van der Waals surface area (Å²) >= 11 is 0. The molecule has 0 radical (unpaired) electrons. The Balaban J connectivity index is 1.54. The van der Waals surface area contributed by atoms with Crippen molar-refractivity contribution in [3.8, 4) is 0 Å². The first-order valence-corrected chi connectivity index (χ1v) is 8.57. The highest BCUT2D eigenvalue weighted by molar-refractivity contribution is 5.24. The molecule has 0 aliphatic carbocycles. The van der Waals surface area contributed by atoms with Gasteiger partial charge in [0.25, 0.3) is 0 Å². The number of nitrogens with two attached hydrogens (primary N) is 1. The Morgan fingerprint density at radius 3 is 2.96 bits per heavy atom. The lowest BCUT2D eigenvalue weighted by Crippen LogP contribution is -2.33. The van der Waals surface area contributed by atoms with E-state index >= 15 is 0 Å². The SMILES string of the molecule is CN(Cc1nccc(N)n1)[C@H]1CCCN(Cc2cncn2C)CC1. The Kier molecular flexibility index (Phi) is 5.42. The standard InChI is InChI=1S/C17H27N7/c1-22(12-17-20-7-5-16(18)21-17)14-4-3-8-24(9-6-14)11-15-10-19-13-23(15)2/h5,7,10,13-14H,3-4,6,8-9,11-12H2,1-2H3,(H2,18,20,21)/t14-/m0/s1. The van der Waals surface area contributed by atoms with Gasteiger partial charge >= 0.3 is 0 Å². The van der Waals surface area contributed by atoms with E-state index in [0.29, 0.717) is 11.9 Å². The number of aromatic nitrogens is 4. The Morgan fingerprint density at radius 2 is 2.21 bits per heavy atom. The number of imidazole rings is 1. The molecular weight excluding hydrogens is 302 g/mol. The molecule has 0 unspecified atom stereocenters. The highest BCUT2D eigenvalue weighted by Crippen LogP contribution is 2.18. The van der Waals surface area contributed by atoms with Gasteiger partial charge in [-0.05, 0) is 38.9 Å². The fraction of sp³-hybridized carbons (Fsp3) is 0.588. The summed E-state index contributed by atoms with van der Waals surface area (Å²) in [6.07, 6.45) is 9.15. The Bertz CT molecular complexity index is 654.